The second-order valence-corrected chi connectivity index (χ2v) is 7.41. The maximum absolute atomic E-state index is 12.5. The molecule has 1 atom stereocenters. The lowest BCUT2D eigenvalue weighted by Gasteiger charge is -2.37. The number of guanidine groups is 1. The Kier molecular flexibility index (Phi) is 12.5. The molecular weight excluding hydrogens is 526 g/mol. The number of aliphatic imine (C=N–C) groups is 1. The first-order valence-corrected chi connectivity index (χ1v) is 10.3. The summed E-state index contributed by atoms with van der Waals surface area (Å²) in [6.45, 7) is 9.74. The number of hydrogen-bond donors (Lipinski definition) is 2. The zero-order chi connectivity index (χ0) is 22.0. The van der Waals surface area contributed by atoms with Crippen molar-refractivity contribution in [2.45, 2.75) is 39.5 Å². The van der Waals surface area contributed by atoms with Crippen molar-refractivity contribution in [2.24, 2.45) is 10.9 Å². The molecule has 2 N–H and O–H groups in total. The minimum atomic E-state index is -4.42. The van der Waals surface area contributed by atoms with Crippen LogP contribution in [0.25, 0.3) is 0 Å². The van der Waals surface area contributed by atoms with Crippen molar-refractivity contribution in [3.05, 3.63) is 23.9 Å². The predicted molar refractivity (Wildman–Crippen MR) is 125 cm³/mol. The average Bonchev–Trinajstić information content (AvgIpc) is 2.71. The van der Waals surface area contributed by atoms with Crippen LogP contribution in [0.3, 0.4) is 0 Å². The molecule has 0 amide bonds. The van der Waals surface area contributed by atoms with E-state index in [0.717, 1.165) is 26.3 Å². The molecule has 1 aromatic heterocycles. The van der Waals surface area contributed by atoms with Gasteiger partial charge in [0, 0.05) is 44.0 Å². The number of pyridine rings is 1. The summed E-state index contributed by atoms with van der Waals surface area (Å²) in [7, 11) is 0. The Morgan fingerprint density at radius 1 is 1.29 bits per heavy atom. The van der Waals surface area contributed by atoms with Crippen LogP contribution in [0.1, 0.15) is 26.3 Å². The van der Waals surface area contributed by atoms with Gasteiger partial charge in [-0.1, -0.05) is 19.9 Å². The van der Waals surface area contributed by atoms with Gasteiger partial charge in [0.05, 0.1) is 19.8 Å². The number of hydrogen-bond acceptors (Lipinski definition) is 5. The van der Waals surface area contributed by atoms with E-state index >= 15 is 0 Å². The predicted octanol–water partition coefficient (Wildman–Crippen LogP) is 3.05. The Morgan fingerprint density at radius 3 is 2.61 bits per heavy atom. The molecule has 178 valence electrons. The zero-order valence-corrected chi connectivity index (χ0v) is 20.6. The average molecular weight is 559 g/mol. The third kappa shape index (κ3) is 10.2. The monoisotopic (exact) mass is 559 g/mol. The first kappa shape index (κ1) is 27.7. The molecule has 0 spiro atoms. The fourth-order valence-electron chi connectivity index (χ4n) is 3.23. The normalized spacial score (nSPS) is 16.5. The first-order valence-electron chi connectivity index (χ1n) is 10.3. The number of ether oxygens (including phenoxy) is 2. The molecule has 0 radical (unpaired) electrons. The summed E-state index contributed by atoms with van der Waals surface area (Å²) in [4.78, 5) is 10.8. The fourth-order valence-corrected chi connectivity index (χ4v) is 3.23. The molecule has 2 rings (SSSR count). The van der Waals surface area contributed by atoms with Gasteiger partial charge in [-0.3, -0.25) is 4.90 Å². The summed E-state index contributed by atoms with van der Waals surface area (Å²) in [5.74, 6) is 0.990. The van der Waals surface area contributed by atoms with Crippen LogP contribution in [0.5, 0.6) is 5.88 Å². The first-order chi connectivity index (χ1) is 14.3. The number of halogens is 4. The van der Waals surface area contributed by atoms with Crippen LogP contribution in [0.4, 0.5) is 13.2 Å². The molecule has 1 saturated heterocycles. The van der Waals surface area contributed by atoms with Crippen LogP contribution >= 0.6 is 24.0 Å². The Balaban J connectivity index is 0.00000480. The lowest BCUT2D eigenvalue weighted by molar-refractivity contribution is -0.154. The van der Waals surface area contributed by atoms with Crippen molar-refractivity contribution in [2.75, 3.05) is 46.0 Å². The summed E-state index contributed by atoms with van der Waals surface area (Å²) in [6.07, 6.45) is -3.02. The third-order valence-corrected chi connectivity index (χ3v) is 4.74. The fraction of sp³-hybridized carbons (Fsp3) is 0.700. The third-order valence-electron chi connectivity index (χ3n) is 4.74. The van der Waals surface area contributed by atoms with Crippen molar-refractivity contribution in [1.82, 2.24) is 20.5 Å². The summed E-state index contributed by atoms with van der Waals surface area (Å²) in [5.41, 5.74) is 0.493. The second-order valence-electron chi connectivity index (χ2n) is 7.41. The Bertz CT molecular complexity index is 670. The lowest BCUT2D eigenvalue weighted by Crippen LogP contribution is -2.52. The van der Waals surface area contributed by atoms with Crippen LogP contribution in [-0.2, 0) is 11.3 Å². The highest BCUT2D eigenvalue weighted by Crippen LogP contribution is 2.20. The highest BCUT2D eigenvalue weighted by atomic mass is 127. The molecule has 31 heavy (non-hydrogen) atoms. The van der Waals surface area contributed by atoms with Crippen LogP contribution in [0.15, 0.2) is 23.3 Å². The van der Waals surface area contributed by atoms with E-state index < -0.39 is 12.8 Å². The smallest absolute Gasteiger partial charge is 0.422 e. The summed E-state index contributed by atoms with van der Waals surface area (Å²) in [5, 5.41) is 6.54. The summed E-state index contributed by atoms with van der Waals surface area (Å²) in [6, 6.07) is 3.64. The van der Waals surface area contributed by atoms with Gasteiger partial charge >= 0.3 is 6.18 Å². The van der Waals surface area contributed by atoms with Gasteiger partial charge in [-0.2, -0.15) is 13.2 Å². The molecule has 1 unspecified atom stereocenters. The largest absolute Gasteiger partial charge is 0.468 e. The van der Waals surface area contributed by atoms with E-state index in [4.69, 9.17) is 9.47 Å². The van der Waals surface area contributed by atoms with Gasteiger partial charge in [0.2, 0.25) is 5.88 Å². The number of nitrogens with zero attached hydrogens (tertiary/aromatic N) is 3. The van der Waals surface area contributed by atoms with Crippen molar-refractivity contribution in [1.29, 1.82) is 0 Å². The molecule has 1 aromatic rings. The number of morpholine rings is 1. The van der Waals surface area contributed by atoms with Crippen molar-refractivity contribution >= 4 is 29.9 Å². The second kappa shape index (κ2) is 13.9. The Hall–Kier alpha value is -1.34. The van der Waals surface area contributed by atoms with Gasteiger partial charge in [0.1, 0.15) is 0 Å². The van der Waals surface area contributed by atoms with Gasteiger partial charge in [0.25, 0.3) is 0 Å². The maximum Gasteiger partial charge on any atom is 0.422 e. The van der Waals surface area contributed by atoms with Gasteiger partial charge < -0.3 is 20.1 Å². The van der Waals surface area contributed by atoms with Gasteiger partial charge in [0.15, 0.2) is 12.6 Å². The van der Waals surface area contributed by atoms with Gasteiger partial charge in [-0.25, -0.2) is 9.98 Å². The molecule has 0 aromatic carbocycles. The van der Waals surface area contributed by atoms with Crippen LogP contribution in [0.2, 0.25) is 0 Å². The van der Waals surface area contributed by atoms with E-state index in [1.54, 1.807) is 12.1 Å². The molecule has 2 heterocycles. The van der Waals surface area contributed by atoms with E-state index in [1.165, 1.54) is 6.20 Å². The molecular formula is C20H33F3IN5O2. The van der Waals surface area contributed by atoms with Gasteiger partial charge in [-0.15, -0.1) is 24.0 Å². The highest BCUT2D eigenvalue weighted by Gasteiger charge is 2.29. The quantitative estimate of drug-likeness (QED) is 0.276. The molecule has 7 nitrogen and oxygen atoms in total. The standard InChI is InChI=1S/C20H32F3N5O2.HI/c1-4-24-19(27-13-17(15(2)3)28-8-10-29-11-9-28)26-12-16-6-5-7-25-18(16)30-14-20(21,22)23;/h5-7,15,17H,4,8-14H2,1-3H3,(H2,24,26,27);1H. The van der Waals surface area contributed by atoms with E-state index in [2.05, 4.69) is 39.4 Å². The van der Waals surface area contributed by atoms with Crippen LogP contribution < -0.4 is 15.4 Å². The number of rotatable bonds is 9. The SMILES string of the molecule is CCNC(=NCc1cccnc1OCC(F)(F)F)NCC(C(C)C)N1CCOCC1.I. The molecule has 1 aliphatic heterocycles. The minimum absolute atomic E-state index is 0. The molecule has 0 bridgehead atoms. The maximum atomic E-state index is 12.5. The van der Waals surface area contributed by atoms with Crippen LogP contribution in [0, 0.1) is 5.92 Å². The summed E-state index contributed by atoms with van der Waals surface area (Å²) < 4.78 is 47.7. The topological polar surface area (TPSA) is 71.0 Å². The van der Waals surface area contributed by atoms with Crippen LogP contribution in [-0.4, -0.2) is 74.1 Å². The minimum Gasteiger partial charge on any atom is -0.468 e. The molecule has 1 fully saturated rings. The van der Waals surface area contributed by atoms with Crippen molar-refractivity contribution in [3.8, 4) is 5.88 Å². The molecule has 1 aliphatic rings. The Morgan fingerprint density at radius 2 is 2.00 bits per heavy atom. The van der Waals surface area contributed by atoms with Crippen molar-refractivity contribution in [3.63, 3.8) is 0 Å². The number of alkyl halides is 3. The summed E-state index contributed by atoms with van der Waals surface area (Å²) >= 11 is 0. The lowest BCUT2D eigenvalue weighted by atomic mass is 10.0. The van der Waals surface area contributed by atoms with E-state index in [9.17, 15) is 13.2 Å². The Labute approximate surface area is 199 Å². The molecule has 0 aliphatic carbocycles. The van der Waals surface area contributed by atoms with E-state index in [0.29, 0.717) is 36.6 Å². The van der Waals surface area contributed by atoms with E-state index in [-0.39, 0.29) is 36.4 Å². The van der Waals surface area contributed by atoms with Crippen molar-refractivity contribution < 1.29 is 22.6 Å². The van der Waals surface area contributed by atoms with Gasteiger partial charge in [-0.05, 0) is 18.9 Å². The molecule has 11 heteroatoms. The number of aromatic nitrogens is 1. The highest BCUT2D eigenvalue weighted by molar-refractivity contribution is 14.0. The van der Waals surface area contributed by atoms with E-state index in [1.807, 2.05) is 6.92 Å². The zero-order valence-electron chi connectivity index (χ0n) is 18.2. The molecule has 0 saturated carbocycles. The number of nitrogens with one attached hydrogen (secondary N) is 2.